The van der Waals surface area contributed by atoms with Crippen LogP contribution in [0.15, 0.2) is 218 Å². The van der Waals surface area contributed by atoms with Gasteiger partial charge < -0.3 is 9.80 Å². The maximum absolute atomic E-state index is 2.57. The second kappa shape index (κ2) is 17.0. The number of rotatable bonds is 7. The van der Waals surface area contributed by atoms with Crippen LogP contribution >= 0.6 is 0 Å². The Balaban J connectivity index is 1.21. The molecular weight excluding hydrogens is 844 g/mol. The fourth-order valence-corrected chi connectivity index (χ4v) is 11.3. The van der Waals surface area contributed by atoms with E-state index in [-0.39, 0.29) is 23.0 Å². The van der Waals surface area contributed by atoms with E-state index in [1.54, 1.807) is 0 Å². The molecule has 9 aromatic carbocycles. The molecular formula is C67H63BN2. The zero-order chi connectivity index (χ0) is 48.6. The highest BCUT2D eigenvalue weighted by Gasteiger charge is 2.45. The first-order valence-corrected chi connectivity index (χ1v) is 25.1. The number of nitrogens with zero attached hydrogens (tertiary/aromatic N) is 2. The van der Waals surface area contributed by atoms with Gasteiger partial charge in [0.25, 0.3) is 6.71 Å². The average molecular weight is 907 g/mol. The van der Waals surface area contributed by atoms with Crippen LogP contribution in [0.25, 0.3) is 11.1 Å². The summed E-state index contributed by atoms with van der Waals surface area (Å²) in [6.07, 6.45) is 0. The van der Waals surface area contributed by atoms with Crippen LogP contribution in [-0.2, 0) is 21.7 Å². The van der Waals surface area contributed by atoms with Gasteiger partial charge in [-0.05, 0) is 131 Å². The van der Waals surface area contributed by atoms with Crippen molar-refractivity contribution in [3.8, 4) is 11.1 Å². The first-order chi connectivity index (χ1) is 33.6. The molecule has 2 aliphatic rings. The smallest absolute Gasteiger partial charge is 0.252 e. The van der Waals surface area contributed by atoms with E-state index in [0.29, 0.717) is 0 Å². The molecule has 11 rings (SSSR count). The largest absolute Gasteiger partial charge is 0.311 e. The van der Waals surface area contributed by atoms with Gasteiger partial charge in [0.05, 0.1) is 5.41 Å². The Morgan fingerprint density at radius 2 is 0.614 bits per heavy atom. The lowest BCUT2D eigenvalue weighted by molar-refractivity contribution is 0.590. The van der Waals surface area contributed by atoms with Crippen molar-refractivity contribution in [3.05, 3.63) is 257 Å². The first kappa shape index (κ1) is 45.1. The number of anilines is 6. The highest BCUT2D eigenvalue weighted by molar-refractivity contribution is 7.00. The number of hydrogen-bond acceptors (Lipinski definition) is 2. The topological polar surface area (TPSA) is 6.48 Å². The van der Waals surface area contributed by atoms with Gasteiger partial charge >= 0.3 is 0 Å². The van der Waals surface area contributed by atoms with Crippen molar-refractivity contribution in [3.63, 3.8) is 0 Å². The molecule has 0 bridgehead atoms. The maximum atomic E-state index is 2.57. The zero-order valence-electron chi connectivity index (χ0n) is 42.3. The molecule has 0 spiro atoms. The normalized spacial score (nSPS) is 13.4. The first-order valence-electron chi connectivity index (χ1n) is 25.1. The summed E-state index contributed by atoms with van der Waals surface area (Å²) in [5.41, 5.74) is 21.8. The van der Waals surface area contributed by atoms with Gasteiger partial charge in [0, 0.05) is 34.1 Å². The molecule has 3 heteroatoms. The summed E-state index contributed by atoms with van der Waals surface area (Å²) in [5, 5.41) is 0. The predicted octanol–water partition coefficient (Wildman–Crippen LogP) is 15.7. The van der Waals surface area contributed by atoms with Crippen LogP contribution in [0.1, 0.15) is 101 Å². The fourth-order valence-electron chi connectivity index (χ4n) is 11.3. The Morgan fingerprint density at radius 3 is 0.986 bits per heavy atom. The summed E-state index contributed by atoms with van der Waals surface area (Å²) in [6, 6.07) is 82.5. The molecule has 0 aromatic heterocycles. The number of benzene rings is 9. The third kappa shape index (κ3) is 7.59. The van der Waals surface area contributed by atoms with Gasteiger partial charge in [-0.25, -0.2) is 0 Å². The average Bonchev–Trinajstić information content (AvgIpc) is 3.37. The van der Waals surface area contributed by atoms with E-state index in [9.17, 15) is 0 Å². The van der Waals surface area contributed by atoms with E-state index in [0.717, 1.165) is 11.4 Å². The Bertz CT molecular complexity index is 3240. The van der Waals surface area contributed by atoms with Gasteiger partial charge in [0.2, 0.25) is 0 Å². The molecule has 0 amide bonds. The minimum absolute atomic E-state index is 0.00747. The van der Waals surface area contributed by atoms with Crippen LogP contribution in [0.4, 0.5) is 34.1 Å². The molecule has 0 saturated carbocycles. The molecule has 70 heavy (non-hydrogen) atoms. The monoisotopic (exact) mass is 907 g/mol. The van der Waals surface area contributed by atoms with Gasteiger partial charge in [0.15, 0.2) is 0 Å². The fraction of sp³-hybridized carbons (Fsp3) is 0.194. The van der Waals surface area contributed by atoms with Crippen molar-refractivity contribution in [2.75, 3.05) is 9.80 Å². The van der Waals surface area contributed by atoms with Crippen molar-refractivity contribution >= 4 is 57.2 Å². The van der Waals surface area contributed by atoms with E-state index in [1.807, 2.05) is 0 Å². The molecule has 2 nitrogen and oxygen atoms in total. The summed E-state index contributed by atoms with van der Waals surface area (Å²) >= 11 is 0. The van der Waals surface area contributed by atoms with Gasteiger partial charge in [0.1, 0.15) is 0 Å². The second-order valence-corrected chi connectivity index (χ2v) is 22.6. The van der Waals surface area contributed by atoms with E-state index in [1.165, 1.54) is 89.2 Å². The predicted molar refractivity (Wildman–Crippen MR) is 300 cm³/mol. The Kier molecular flexibility index (Phi) is 10.9. The summed E-state index contributed by atoms with van der Waals surface area (Å²) < 4.78 is 0. The lowest BCUT2D eigenvalue weighted by Crippen LogP contribution is -2.61. The molecule has 0 fully saturated rings. The zero-order valence-corrected chi connectivity index (χ0v) is 42.3. The standard InChI is InChI=1S/C67H63BN2/c1-64(2,3)48-30-36-55(37-31-48)69-59-40-34-53(65(4,5)6)44-57(59)68-58-45-54(66(7,8)9)35-41-60(58)70(62-43-47(42-61(69)63(62)68)46-22-14-10-15-23-46)56-38-32-52(33-39-56)67(49-24-16-11-17-25-49,50-26-18-12-19-27-50)51-28-20-13-21-29-51/h10-45H,1-9H3. The van der Waals surface area contributed by atoms with Gasteiger partial charge in [-0.15, -0.1) is 0 Å². The Hall–Kier alpha value is -7.36. The molecule has 9 aromatic rings. The molecule has 0 atom stereocenters. The van der Waals surface area contributed by atoms with Gasteiger partial charge in [-0.1, -0.05) is 232 Å². The van der Waals surface area contributed by atoms with E-state index in [2.05, 4.69) is 291 Å². The molecule has 0 aliphatic carbocycles. The molecule has 2 heterocycles. The molecule has 0 radical (unpaired) electrons. The quantitative estimate of drug-likeness (QED) is 0.116. The summed E-state index contributed by atoms with van der Waals surface area (Å²) in [4.78, 5) is 5.13. The van der Waals surface area contributed by atoms with Crippen molar-refractivity contribution in [1.29, 1.82) is 0 Å². The third-order valence-corrected chi connectivity index (χ3v) is 15.1. The van der Waals surface area contributed by atoms with E-state index >= 15 is 0 Å². The third-order valence-electron chi connectivity index (χ3n) is 15.1. The van der Waals surface area contributed by atoms with Gasteiger partial charge in [-0.3, -0.25) is 0 Å². The highest BCUT2D eigenvalue weighted by Crippen LogP contribution is 2.49. The number of hydrogen-bond donors (Lipinski definition) is 0. The molecule has 0 saturated heterocycles. The van der Waals surface area contributed by atoms with Crippen LogP contribution in [0.2, 0.25) is 0 Å². The van der Waals surface area contributed by atoms with E-state index in [4.69, 9.17) is 0 Å². The van der Waals surface area contributed by atoms with Crippen LogP contribution in [0.3, 0.4) is 0 Å². The maximum Gasteiger partial charge on any atom is 0.252 e. The lowest BCUT2D eigenvalue weighted by Gasteiger charge is -2.45. The van der Waals surface area contributed by atoms with Crippen LogP contribution in [0, 0.1) is 0 Å². The van der Waals surface area contributed by atoms with Crippen LogP contribution in [-0.4, -0.2) is 6.71 Å². The van der Waals surface area contributed by atoms with Crippen LogP contribution in [0.5, 0.6) is 0 Å². The Morgan fingerprint density at radius 1 is 0.286 bits per heavy atom. The van der Waals surface area contributed by atoms with Crippen molar-refractivity contribution in [1.82, 2.24) is 0 Å². The van der Waals surface area contributed by atoms with E-state index < -0.39 is 5.41 Å². The van der Waals surface area contributed by atoms with Crippen molar-refractivity contribution in [2.24, 2.45) is 0 Å². The SMILES string of the molecule is CC(C)(C)c1ccc(N2c3ccc(C(C)(C)C)cc3B3c4cc(C(C)(C)C)ccc4N(c4ccc(C(c5ccccc5)(c5ccccc5)c5ccccc5)cc4)c4cc(-c5ccccc5)cc2c43)cc1. The second-order valence-electron chi connectivity index (χ2n) is 22.6. The van der Waals surface area contributed by atoms with Crippen LogP contribution < -0.4 is 26.2 Å². The molecule has 2 aliphatic heterocycles. The summed E-state index contributed by atoms with van der Waals surface area (Å²) in [6.45, 7) is 20.9. The minimum atomic E-state index is -0.557. The Labute approximate surface area is 417 Å². The minimum Gasteiger partial charge on any atom is -0.311 e. The lowest BCUT2D eigenvalue weighted by atomic mass is 9.33. The summed E-state index contributed by atoms with van der Waals surface area (Å²) in [7, 11) is 0. The summed E-state index contributed by atoms with van der Waals surface area (Å²) in [5.74, 6) is 0. The number of fused-ring (bicyclic) bond motifs is 4. The molecule has 0 unspecified atom stereocenters. The highest BCUT2D eigenvalue weighted by atomic mass is 15.2. The molecule has 344 valence electrons. The molecule has 0 N–H and O–H groups in total. The van der Waals surface area contributed by atoms with Crippen molar-refractivity contribution in [2.45, 2.75) is 84.0 Å². The van der Waals surface area contributed by atoms with Crippen molar-refractivity contribution < 1.29 is 0 Å². The van der Waals surface area contributed by atoms with Gasteiger partial charge in [-0.2, -0.15) is 0 Å².